The minimum absolute atomic E-state index is 0.0835. The predicted molar refractivity (Wildman–Crippen MR) is 79.0 cm³/mol. The van der Waals surface area contributed by atoms with Gasteiger partial charge in [-0.1, -0.05) is 30.3 Å². The number of aromatic nitrogens is 2. The van der Waals surface area contributed by atoms with Crippen molar-refractivity contribution in [2.75, 3.05) is 20.8 Å². The van der Waals surface area contributed by atoms with Crippen molar-refractivity contribution in [3.8, 4) is 11.9 Å². The van der Waals surface area contributed by atoms with Crippen molar-refractivity contribution in [3.63, 3.8) is 0 Å². The van der Waals surface area contributed by atoms with Gasteiger partial charge in [0, 0.05) is 12.4 Å². The van der Waals surface area contributed by atoms with Gasteiger partial charge in [0.2, 0.25) is 5.88 Å². The third-order valence-electron chi connectivity index (χ3n) is 2.88. The number of benzene rings is 1. The number of hydrogen-bond donors (Lipinski definition) is 1. The molecule has 0 saturated carbocycles. The van der Waals surface area contributed by atoms with Crippen molar-refractivity contribution in [2.24, 2.45) is 4.99 Å². The lowest BCUT2D eigenvalue weighted by molar-refractivity contribution is 0.269. The molecule has 1 heterocycles. The summed E-state index contributed by atoms with van der Waals surface area (Å²) in [7, 11) is 3.00. The standard InChI is InChI=1S/C15H17N3O3/c1-20-14-12(9-17-15(18-14)21-2)8-16-13(10-19)11-6-4-3-5-7-11/h3-9,13,19H,10H2,1-2H3/t13-/m0/s1. The van der Waals surface area contributed by atoms with Crippen molar-refractivity contribution in [2.45, 2.75) is 6.04 Å². The molecule has 6 nitrogen and oxygen atoms in total. The molecule has 1 N–H and O–H groups in total. The normalized spacial score (nSPS) is 12.3. The van der Waals surface area contributed by atoms with E-state index in [0.29, 0.717) is 11.4 Å². The highest BCUT2D eigenvalue weighted by molar-refractivity contribution is 5.82. The van der Waals surface area contributed by atoms with E-state index >= 15 is 0 Å². The van der Waals surface area contributed by atoms with E-state index in [1.54, 1.807) is 12.4 Å². The fraction of sp³-hybridized carbons (Fsp3) is 0.267. The number of nitrogens with zero attached hydrogens (tertiary/aromatic N) is 3. The number of aliphatic hydroxyl groups is 1. The molecule has 0 aliphatic heterocycles. The van der Waals surface area contributed by atoms with Gasteiger partial charge in [-0.25, -0.2) is 4.98 Å². The van der Waals surface area contributed by atoms with Crippen LogP contribution in [-0.2, 0) is 0 Å². The van der Waals surface area contributed by atoms with E-state index in [2.05, 4.69) is 15.0 Å². The highest BCUT2D eigenvalue weighted by atomic mass is 16.5. The maximum Gasteiger partial charge on any atom is 0.319 e. The zero-order valence-electron chi connectivity index (χ0n) is 11.9. The molecule has 110 valence electrons. The van der Waals surface area contributed by atoms with Gasteiger partial charge in [-0.2, -0.15) is 4.98 Å². The van der Waals surface area contributed by atoms with Gasteiger partial charge in [0.05, 0.1) is 32.4 Å². The topological polar surface area (TPSA) is 76.8 Å². The Bertz CT molecular complexity index is 602. The van der Waals surface area contributed by atoms with Gasteiger partial charge in [-0.05, 0) is 5.56 Å². The summed E-state index contributed by atoms with van der Waals surface area (Å²) >= 11 is 0. The van der Waals surface area contributed by atoms with Crippen molar-refractivity contribution in [1.29, 1.82) is 0 Å². The quantitative estimate of drug-likeness (QED) is 0.817. The summed E-state index contributed by atoms with van der Waals surface area (Å²) < 4.78 is 10.1. The van der Waals surface area contributed by atoms with Crippen LogP contribution in [0.1, 0.15) is 17.2 Å². The molecule has 0 spiro atoms. The lowest BCUT2D eigenvalue weighted by Gasteiger charge is -2.09. The van der Waals surface area contributed by atoms with E-state index in [4.69, 9.17) is 9.47 Å². The molecule has 2 rings (SSSR count). The fourth-order valence-electron chi connectivity index (χ4n) is 1.79. The summed E-state index contributed by atoms with van der Waals surface area (Å²) in [6.45, 7) is -0.0835. The minimum Gasteiger partial charge on any atom is -0.480 e. The molecule has 1 aromatic heterocycles. The van der Waals surface area contributed by atoms with Crippen LogP contribution in [0.4, 0.5) is 0 Å². The summed E-state index contributed by atoms with van der Waals surface area (Å²) in [6, 6.07) is 9.46. The Kier molecular flexibility index (Phi) is 5.22. The average molecular weight is 287 g/mol. The molecule has 0 fully saturated rings. The number of rotatable bonds is 6. The molecule has 0 radical (unpaired) electrons. The first kappa shape index (κ1) is 14.9. The molecule has 6 heteroatoms. The van der Waals surface area contributed by atoms with Gasteiger partial charge < -0.3 is 14.6 Å². The predicted octanol–water partition coefficient (Wildman–Crippen LogP) is 1.65. The summed E-state index contributed by atoms with van der Waals surface area (Å²) in [4.78, 5) is 12.5. The number of ether oxygens (including phenoxy) is 2. The lowest BCUT2D eigenvalue weighted by atomic mass is 10.1. The summed E-state index contributed by atoms with van der Waals surface area (Å²) in [5.41, 5.74) is 1.55. The van der Waals surface area contributed by atoms with Crippen LogP contribution in [-0.4, -0.2) is 42.1 Å². The van der Waals surface area contributed by atoms with Gasteiger partial charge >= 0.3 is 6.01 Å². The van der Waals surface area contributed by atoms with E-state index in [1.807, 2.05) is 30.3 Å². The Hall–Kier alpha value is -2.47. The molecule has 21 heavy (non-hydrogen) atoms. The van der Waals surface area contributed by atoms with Gasteiger partial charge in [-0.3, -0.25) is 4.99 Å². The first-order valence-electron chi connectivity index (χ1n) is 6.42. The Morgan fingerprint density at radius 2 is 2.00 bits per heavy atom. The highest BCUT2D eigenvalue weighted by Gasteiger charge is 2.09. The number of hydrogen-bond acceptors (Lipinski definition) is 6. The van der Waals surface area contributed by atoms with Crippen molar-refractivity contribution in [3.05, 3.63) is 47.7 Å². The van der Waals surface area contributed by atoms with E-state index in [-0.39, 0.29) is 18.7 Å². The molecule has 0 bridgehead atoms. The van der Waals surface area contributed by atoms with Crippen LogP contribution < -0.4 is 9.47 Å². The zero-order chi connectivity index (χ0) is 15.1. The Morgan fingerprint density at radius 1 is 1.24 bits per heavy atom. The molecule has 1 aromatic carbocycles. The average Bonchev–Trinajstić information content (AvgIpc) is 2.56. The Labute approximate surface area is 123 Å². The van der Waals surface area contributed by atoms with Crippen LogP contribution in [0.5, 0.6) is 11.9 Å². The van der Waals surface area contributed by atoms with Crippen LogP contribution >= 0.6 is 0 Å². The van der Waals surface area contributed by atoms with Crippen molar-refractivity contribution >= 4 is 6.21 Å². The first-order valence-corrected chi connectivity index (χ1v) is 6.42. The van der Waals surface area contributed by atoms with E-state index in [0.717, 1.165) is 5.56 Å². The molecule has 0 amide bonds. The number of methoxy groups -OCH3 is 2. The van der Waals surface area contributed by atoms with Crippen molar-refractivity contribution in [1.82, 2.24) is 9.97 Å². The highest BCUT2D eigenvalue weighted by Crippen LogP contribution is 2.19. The zero-order valence-corrected chi connectivity index (χ0v) is 11.9. The van der Waals surface area contributed by atoms with E-state index in [9.17, 15) is 5.11 Å². The Balaban J connectivity index is 2.23. The summed E-state index contributed by atoms with van der Waals surface area (Å²) in [5, 5.41) is 9.47. The summed E-state index contributed by atoms with van der Waals surface area (Å²) in [6.07, 6.45) is 3.15. The van der Waals surface area contributed by atoms with Crippen LogP contribution in [0.25, 0.3) is 0 Å². The molecule has 1 atom stereocenters. The second-order valence-electron chi connectivity index (χ2n) is 4.21. The molecule has 0 saturated heterocycles. The third kappa shape index (κ3) is 3.76. The molecular formula is C15H17N3O3. The number of aliphatic hydroxyl groups excluding tert-OH is 1. The first-order chi connectivity index (χ1) is 10.3. The SMILES string of the molecule is COc1ncc(C=N[C@@H](CO)c2ccccc2)c(OC)n1. The minimum atomic E-state index is -0.335. The van der Waals surface area contributed by atoms with Gasteiger partial charge in [-0.15, -0.1) is 0 Å². The molecule has 2 aromatic rings. The van der Waals surface area contributed by atoms with Crippen LogP contribution in [0.15, 0.2) is 41.5 Å². The van der Waals surface area contributed by atoms with Gasteiger partial charge in [0.25, 0.3) is 0 Å². The van der Waals surface area contributed by atoms with Crippen LogP contribution in [0, 0.1) is 0 Å². The van der Waals surface area contributed by atoms with E-state index < -0.39 is 0 Å². The largest absolute Gasteiger partial charge is 0.480 e. The fourth-order valence-corrected chi connectivity index (χ4v) is 1.79. The van der Waals surface area contributed by atoms with Crippen LogP contribution in [0.2, 0.25) is 0 Å². The van der Waals surface area contributed by atoms with E-state index in [1.165, 1.54) is 14.2 Å². The maximum absolute atomic E-state index is 9.47. The summed E-state index contributed by atoms with van der Waals surface area (Å²) in [5.74, 6) is 0.371. The third-order valence-corrected chi connectivity index (χ3v) is 2.88. The molecule has 0 unspecified atom stereocenters. The second kappa shape index (κ2) is 7.35. The lowest BCUT2D eigenvalue weighted by Crippen LogP contribution is -2.03. The smallest absolute Gasteiger partial charge is 0.319 e. The number of aliphatic imine (C=N–C) groups is 1. The molecule has 0 aliphatic carbocycles. The van der Waals surface area contributed by atoms with Crippen LogP contribution in [0.3, 0.4) is 0 Å². The second-order valence-corrected chi connectivity index (χ2v) is 4.21. The van der Waals surface area contributed by atoms with Crippen molar-refractivity contribution < 1.29 is 14.6 Å². The van der Waals surface area contributed by atoms with Gasteiger partial charge in [0.1, 0.15) is 0 Å². The molecule has 0 aliphatic rings. The molecular weight excluding hydrogens is 270 g/mol. The maximum atomic E-state index is 9.47. The Morgan fingerprint density at radius 3 is 2.62 bits per heavy atom. The monoisotopic (exact) mass is 287 g/mol. The van der Waals surface area contributed by atoms with Gasteiger partial charge in [0.15, 0.2) is 0 Å².